The number of aliphatic hydroxyl groups is 1. The van der Waals surface area contributed by atoms with Crippen molar-refractivity contribution in [3.63, 3.8) is 0 Å². The predicted octanol–water partition coefficient (Wildman–Crippen LogP) is 2.61. The van der Waals surface area contributed by atoms with Gasteiger partial charge in [-0.2, -0.15) is 0 Å². The Hall–Kier alpha value is -0.250. The first-order valence-corrected chi connectivity index (χ1v) is 5.27. The van der Waals surface area contributed by atoms with Gasteiger partial charge in [-0.1, -0.05) is 11.6 Å². The van der Waals surface area contributed by atoms with Crippen LogP contribution in [-0.2, 0) is 0 Å². The Morgan fingerprint density at radius 2 is 2.15 bits per heavy atom. The number of thiophene rings is 1. The minimum Gasteiger partial charge on any atom is -0.394 e. The molecule has 74 valence electrons. The van der Waals surface area contributed by atoms with Gasteiger partial charge >= 0.3 is 0 Å². The number of halogens is 1. The van der Waals surface area contributed by atoms with Crippen molar-refractivity contribution >= 4 is 27.9 Å². The summed E-state index contributed by atoms with van der Waals surface area (Å²) in [4.78, 5) is 2.03. The first kappa shape index (κ1) is 10.8. The van der Waals surface area contributed by atoms with E-state index in [0.717, 1.165) is 9.34 Å². The minimum atomic E-state index is -0.242. The zero-order valence-electron chi connectivity index (χ0n) is 8.04. The van der Waals surface area contributed by atoms with E-state index in [4.69, 9.17) is 16.7 Å². The molecule has 0 aromatic carbocycles. The molecule has 0 aliphatic carbocycles. The third-order valence-corrected chi connectivity index (χ3v) is 3.49. The normalized spacial score (nSPS) is 11.8. The second-order valence-electron chi connectivity index (χ2n) is 3.61. The zero-order valence-corrected chi connectivity index (χ0v) is 9.61. The van der Waals surface area contributed by atoms with E-state index in [9.17, 15) is 0 Å². The molecule has 1 N–H and O–H groups in total. The molecule has 0 fully saturated rings. The standard InChI is InChI=1S/C9H14ClNOS/c1-9(2,6-12)11(3)8-5-4-7(10)13-8/h4-5,12H,6H2,1-3H3. The van der Waals surface area contributed by atoms with E-state index >= 15 is 0 Å². The lowest BCUT2D eigenvalue weighted by molar-refractivity contribution is 0.216. The number of aliphatic hydroxyl groups excluding tert-OH is 1. The molecule has 0 spiro atoms. The molecule has 0 unspecified atom stereocenters. The van der Waals surface area contributed by atoms with Gasteiger partial charge < -0.3 is 10.0 Å². The van der Waals surface area contributed by atoms with Crippen LogP contribution in [0.3, 0.4) is 0 Å². The highest BCUT2D eigenvalue weighted by molar-refractivity contribution is 7.19. The third-order valence-electron chi connectivity index (χ3n) is 2.18. The molecule has 1 aromatic heterocycles. The molecule has 1 aromatic rings. The summed E-state index contributed by atoms with van der Waals surface area (Å²) in [5.74, 6) is 0. The van der Waals surface area contributed by atoms with Gasteiger partial charge in [0.2, 0.25) is 0 Å². The van der Waals surface area contributed by atoms with E-state index in [0.29, 0.717) is 0 Å². The van der Waals surface area contributed by atoms with Gasteiger partial charge in [0.1, 0.15) is 0 Å². The summed E-state index contributed by atoms with van der Waals surface area (Å²) in [6.07, 6.45) is 0. The highest BCUT2D eigenvalue weighted by Crippen LogP contribution is 2.32. The SMILES string of the molecule is CN(c1ccc(Cl)s1)C(C)(C)CO. The van der Waals surface area contributed by atoms with Crippen LogP contribution in [0, 0.1) is 0 Å². The van der Waals surface area contributed by atoms with Gasteiger partial charge in [-0.3, -0.25) is 0 Å². The Morgan fingerprint density at radius 1 is 1.54 bits per heavy atom. The van der Waals surface area contributed by atoms with Crippen LogP contribution in [-0.4, -0.2) is 24.3 Å². The Bertz CT molecular complexity index is 285. The van der Waals surface area contributed by atoms with Crippen molar-refractivity contribution in [3.8, 4) is 0 Å². The molecular weight excluding hydrogens is 206 g/mol. The molecule has 0 aliphatic heterocycles. The van der Waals surface area contributed by atoms with Crippen LogP contribution in [0.4, 0.5) is 5.00 Å². The molecule has 0 radical (unpaired) electrons. The summed E-state index contributed by atoms with van der Waals surface area (Å²) >= 11 is 7.35. The van der Waals surface area contributed by atoms with Crippen molar-refractivity contribution in [3.05, 3.63) is 16.5 Å². The van der Waals surface area contributed by atoms with Gasteiger partial charge in [0.25, 0.3) is 0 Å². The molecule has 0 saturated heterocycles. The topological polar surface area (TPSA) is 23.5 Å². The predicted molar refractivity (Wildman–Crippen MR) is 58.9 cm³/mol. The Kier molecular flexibility index (Phi) is 3.22. The molecule has 0 aliphatic rings. The lowest BCUT2D eigenvalue weighted by Gasteiger charge is -2.34. The Labute approximate surface area is 87.8 Å². The van der Waals surface area contributed by atoms with Gasteiger partial charge in [0.15, 0.2) is 0 Å². The second kappa shape index (κ2) is 3.86. The van der Waals surface area contributed by atoms with Gasteiger partial charge in [0.05, 0.1) is 21.5 Å². The average molecular weight is 220 g/mol. The molecule has 0 amide bonds. The van der Waals surface area contributed by atoms with Gasteiger partial charge in [-0.15, -0.1) is 11.3 Å². The van der Waals surface area contributed by atoms with Gasteiger partial charge in [-0.05, 0) is 26.0 Å². The number of rotatable bonds is 3. The first-order chi connectivity index (χ1) is 5.97. The van der Waals surface area contributed by atoms with Crippen LogP contribution < -0.4 is 4.90 Å². The van der Waals surface area contributed by atoms with E-state index in [1.807, 2.05) is 37.9 Å². The molecule has 1 heterocycles. The van der Waals surface area contributed by atoms with Gasteiger partial charge in [0, 0.05) is 7.05 Å². The summed E-state index contributed by atoms with van der Waals surface area (Å²) < 4.78 is 0.774. The monoisotopic (exact) mass is 219 g/mol. The maximum absolute atomic E-state index is 9.16. The number of hydrogen-bond acceptors (Lipinski definition) is 3. The van der Waals surface area contributed by atoms with Crippen molar-refractivity contribution in [2.24, 2.45) is 0 Å². The molecule has 0 saturated carbocycles. The Balaban J connectivity index is 2.84. The van der Waals surface area contributed by atoms with Crippen molar-refractivity contribution in [1.82, 2.24) is 0 Å². The highest BCUT2D eigenvalue weighted by Gasteiger charge is 2.23. The maximum Gasteiger partial charge on any atom is 0.0950 e. The molecule has 0 bridgehead atoms. The van der Waals surface area contributed by atoms with Crippen molar-refractivity contribution in [2.45, 2.75) is 19.4 Å². The van der Waals surface area contributed by atoms with E-state index in [1.165, 1.54) is 11.3 Å². The lowest BCUT2D eigenvalue weighted by atomic mass is 10.1. The summed E-state index contributed by atoms with van der Waals surface area (Å²) in [7, 11) is 1.96. The fourth-order valence-electron chi connectivity index (χ4n) is 0.889. The van der Waals surface area contributed by atoms with E-state index in [1.54, 1.807) is 0 Å². The molecule has 1 rings (SSSR count). The van der Waals surface area contributed by atoms with Crippen LogP contribution in [0.2, 0.25) is 4.34 Å². The van der Waals surface area contributed by atoms with Gasteiger partial charge in [-0.25, -0.2) is 0 Å². The van der Waals surface area contributed by atoms with Crippen molar-refractivity contribution < 1.29 is 5.11 Å². The quantitative estimate of drug-likeness (QED) is 0.845. The lowest BCUT2D eigenvalue weighted by Crippen LogP contribution is -2.43. The molecule has 2 nitrogen and oxygen atoms in total. The van der Waals surface area contributed by atoms with E-state index < -0.39 is 0 Å². The van der Waals surface area contributed by atoms with Crippen LogP contribution in [0.5, 0.6) is 0 Å². The second-order valence-corrected chi connectivity index (χ2v) is 5.30. The van der Waals surface area contributed by atoms with Crippen molar-refractivity contribution in [1.29, 1.82) is 0 Å². The van der Waals surface area contributed by atoms with Crippen LogP contribution in [0.15, 0.2) is 12.1 Å². The Morgan fingerprint density at radius 3 is 2.54 bits per heavy atom. The fraction of sp³-hybridized carbons (Fsp3) is 0.556. The first-order valence-electron chi connectivity index (χ1n) is 4.07. The van der Waals surface area contributed by atoms with E-state index in [2.05, 4.69) is 0 Å². The molecular formula is C9H14ClNOS. The summed E-state index contributed by atoms with van der Waals surface area (Å²) in [6.45, 7) is 4.10. The zero-order chi connectivity index (χ0) is 10.1. The summed E-state index contributed by atoms with van der Waals surface area (Å²) in [5.41, 5.74) is -0.242. The number of likely N-dealkylation sites (N-methyl/N-ethyl adjacent to an activating group) is 1. The summed E-state index contributed by atoms with van der Waals surface area (Å²) in [5, 5.41) is 10.2. The van der Waals surface area contributed by atoms with Crippen LogP contribution >= 0.6 is 22.9 Å². The number of anilines is 1. The number of hydrogen-bond donors (Lipinski definition) is 1. The number of nitrogens with zero attached hydrogens (tertiary/aromatic N) is 1. The maximum atomic E-state index is 9.16. The molecule has 0 atom stereocenters. The summed E-state index contributed by atoms with van der Waals surface area (Å²) in [6, 6.07) is 3.83. The third kappa shape index (κ3) is 2.36. The highest BCUT2D eigenvalue weighted by atomic mass is 35.5. The van der Waals surface area contributed by atoms with Crippen LogP contribution in [0.1, 0.15) is 13.8 Å². The van der Waals surface area contributed by atoms with E-state index in [-0.39, 0.29) is 12.1 Å². The molecule has 13 heavy (non-hydrogen) atoms. The van der Waals surface area contributed by atoms with Crippen molar-refractivity contribution in [2.75, 3.05) is 18.6 Å². The largest absolute Gasteiger partial charge is 0.394 e. The fourth-order valence-corrected chi connectivity index (χ4v) is 2.05. The smallest absolute Gasteiger partial charge is 0.0950 e. The minimum absolute atomic E-state index is 0.124. The molecule has 4 heteroatoms. The average Bonchev–Trinajstić information content (AvgIpc) is 2.50. The van der Waals surface area contributed by atoms with Crippen LogP contribution in [0.25, 0.3) is 0 Å².